The molecule has 4 nitrogen and oxygen atoms in total. The zero-order valence-corrected chi connectivity index (χ0v) is 10.1. The molecule has 4 heteroatoms. The molecule has 0 saturated carbocycles. The summed E-state index contributed by atoms with van der Waals surface area (Å²) in [6.07, 6.45) is 0.973. The minimum absolute atomic E-state index is 0.0536. The number of rotatable bonds is 2. The fraction of sp³-hybridized carbons (Fsp3) is 0.462. The monoisotopic (exact) mass is 234 g/mol. The highest BCUT2D eigenvalue weighted by Crippen LogP contribution is 2.22. The van der Waals surface area contributed by atoms with Gasteiger partial charge in [-0.3, -0.25) is 0 Å². The van der Waals surface area contributed by atoms with Crippen molar-refractivity contribution in [2.75, 3.05) is 19.7 Å². The number of nitrogens with two attached hydrogens (primary N) is 1. The molecule has 1 unspecified atom stereocenters. The van der Waals surface area contributed by atoms with Gasteiger partial charge in [-0.15, -0.1) is 0 Å². The summed E-state index contributed by atoms with van der Waals surface area (Å²) in [5.41, 5.74) is 7.69. The summed E-state index contributed by atoms with van der Waals surface area (Å²) in [4.78, 5) is 12.8. The van der Waals surface area contributed by atoms with E-state index >= 15 is 0 Å². The highest BCUT2D eigenvalue weighted by molar-refractivity contribution is 5.72. The van der Waals surface area contributed by atoms with E-state index in [1.165, 1.54) is 5.56 Å². The second kappa shape index (κ2) is 5.19. The largest absolute Gasteiger partial charge is 0.370 e. The molecule has 1 aliphatic rings. The highest BCUT2D eigenvalue weighted by atomic mass is 16.5. The lowest BCUT2D eigenvalue weighted by atomic mass is 10.0. The van der Waals surface area contributed by atoms with Gasteiger partial charge in [0.25, 0.3) is 0 Å². The minimum atomic E-state index is -0.372. The second-order valence-electron chi connectivity index (χ2n) is 4.24. The summed E-state index contributed by atoms with van der Waals surface area (Å²) in [6.45, 7) is 3.80. The summed E-state index contributed by atoms with van der Waals surface area (Å²) >= 11 is 0. The van der Waals surface area contributed by atoms with Crippen molar-refractivity contribution in [3.05, 3.63) is 35.4 Å². The number of hydrogen-bond acceptors (Lipinski definition) is 2. The first-order valence-corrected chi connectivity index (χ1v) is 5.95. The molecule has 0 aromatic heterocycles. The van der Waals surface area contributed by atoms with E-state index < -0.39 is 0 Å². The number of amides is 2. The van der Waals surface area contributed by atoms with Gasteiger partial charge >= 0.3 is 6.03 Å². The van der Waals surface area contributed by atoms with Crippen LogP contribution in [0.5, 0.6) is 0 Å². The van der Waals surface area contributed by atoms with Crippen molar-refractivity contribution in [3.63, 3.8) is 0 Å². The Balaban J connectivity index is 2.08. The van der Waals surface area contributed by atoms with Crippen molar-refractivity contribution in [2.24, 2.45) is 5.73 Å². The summed E-state index contributed by atoms with van der Waals surface area (Å²) < 4.78 is 5.67. The molecule has 0 radical (unpaired) electrons. The highest BCUT2D eigenvalue weighted by Gasteiger charge is 2.23. The number of morpholine rings is 1. The van der Waals surface area contributed by atoms with Crippen LogP contribution in [0.1, 0.15) is 24.2 Å². The molecule has 1 aromatic carbocycles. The van der Waals surface area contributed by atoms with Crippen molar-refractivity contribution in [3.8, 4) is 0 Å². The molecule has 1 fully saturated rings. The zero-order valence-electron chi connectivity index (χ0n) is 10.1. The molecular formula is C13H18N2O2. The molecule has 92 valence electrons. The molecule has 1 heterocycles. The average molecular weight is 234 g/mol. The van der Waals surface area contributed by atoms with Gasteiger partial charge in [0.1, 0.15) is 6.10 Å². The first-order chi connectivity index (χ1) is 8.20. The fourth-order valence-corrected chi connectivity index (χ4v) is 2.02. The predicted molar refractivity (Wildman–Crippen MR) is 65.7 cm³/mol. The second-order valence-corrected chi connectivity index (χ2v) is 4.24. The molecule has 17 heavy (non-hydrogen) atoms. The SMILES string of the molecule is CCc1ccc(C2CN(C(N)=O)CCO2)cc1. The third kappa shape index (κ3) is 2.77. The standard InChI is InChI=1S/C13H18N2O2/c1-2-10-3-5-11(6-4-10)12-9-15(13(14)16)7-8-17-12/h3-6,12H,2,7-9H2,1H3,(H2,14,16). The van der Waals surface area contributed by atoms with E-state index in [-0.39, 0.29) is 12.1 Å². The van der Waals surface area contributed by atoms with Crippen LogP contribution in [-0.2, 0) is 11.2 Å². The van der Waals surface area contributed by atoms with E-state index in [2.05, 4.69) is 31.2 Å². The van der Waals surface area contributed by atoms with Crippen molar-refractivity contribution < 1.29 is 9.53 Å². The molecule has 1 saturated heterocycles. The number of nitrogens with zero attached hydrogens (tertiary/aromatic N) is 1. The summed E-state index contributed by atoms with van der Waals surface area (Å²) in [5.74, 6) is 0. The Hall–Kier alpha value is -1.55. The Kier molecular flexibility index (Phi) is 3.64. The van der Waals surface area contributed by atoms with E-state index in [1.54, 1.807) is 4.90 Å². The fourth-order valence-electron chi connectivity index (χ4n) is 2.02. The number of hydrogen-bond donors (Lipinski definition) is 1. The average Bonchev–Trinajstić information content (AvgIpc) is 2.39. The van der Waals surface area contributed by atoms with Crippen molar-refractivity contribution in [1.82, 2.24) is 4.90 Å². The van der Waals surface area contributed by atoms with Crippen molar-refractivity contribution in [1.29, 1.82) is 0 Å². The van der Waals surface area contributed by atoms with Crippen LogP contribution in [0.2, 0.25) is 0 Å². The molecule has 1 aliphatic heterocycles. The zero-order chi connectivity index (χ0) is 12.3. The van der Waals surface area contributed by atoms with E-state index in [0.717, 1.165) is 12.0 Å². The van der Waals surface area contributed by atoms with Gasteiger partial charge in [-0.25, -0.2) is 4.79 Å². The molecule has 0 spiro atoms. The van der Waals surface area contributed by atoms with Crippen LogP contribution in [0.4, 0.5) is 4.79 Å². The van der Waals surface area contributed by atoms with Crippen molar-refractivity contribution in [2.45, 2.75) is 19.4 Å². The number of benzene rings is 1. The molecule has 1 atom stereocenters. The topological polar surface area (TPSA) is 55.6 Å². The number of primary amides is 1. The maximum atomic E-state index is 11.1. The van der Waals surface area contributed by atoms with Crippen LogP contribution in [0.25, 0.3) is 0 Å². The van der Waals surface area contributed by atoms with Gasteiger partial charge in [-0.05, 0) is 17.5 Å². The summed E-state index contributed by atoms with van der Waals surface area (Å²) in [6, 6.07) is 7.95. The Bertz CT molecular complexity index is 389. The minimum Gasteiger partial charge on any atom is -0.370 e. The molecule has 2 amide bonds. The van der Waals surface area contributed by atoms with Crippen LogP contribution < -0.4 is 5.73 Å². The lowest BCUT2D eigenvalue weighted by molar-refractivity contribution is -0.0141. The maximum absolute atomic E-state index is 11.1. The molecule has 0 aliphatic carbocycles. The Morgan fingerprint density at radius 1 is 1.47 bits per heavy atom. The number of urea groups is 1. The molecule has 2 N–H and O–H groups in total. The number of carbonyl (C=O) groups is 1. The van der Waals surface area contributed by atoms with Gasteiger partial charge in [-0.1, -0.05) is 31.2 Å². The summed E-state index contributed by atoms with van der Waals surface area (Å²) in [5, 5.41) is 0. The normalized spacial score (nSPS) is 20.3. The quantitative estimate of drug-likeness (QED) is 0.846. The maximum Gasteiger partial charge on any atom is 0.314 e. The summed E-state index contributed by atoms with van der Waals surface area (Å²) in [7, 11) is 0. The number of aryl methyl sites for hydroxylation is 1. The lowest BCUT2D eigenvalue weighted by Gasteiger charge is -2.32. The lowest BCUT2D eigenvalue weighted by Crippen LogP contribution is -2.44. The molecular weight excluding hydrogens is 216 g/mol. The van der Waals surface area contributed by atoms with E-state index in [9.17, 15) is 4.79 Å². The number of carbonyl (C=O) groups excluding carboxylic acids is 1. The smallest absolute Gasteiger partial charge is 0.314 e. The van der Waals surface area contributed by atoms with E-state index in [0.29, 0.717) is 19.7 Å². The molecule has 0 bridgehead atoms. The Labute approximate surface area is 101 Å². The van der Waals surface area contributed by atoms with Crippen molar-refractivity contribution >= 4 is 6.03 Å². The van der Waals surface area contributed by atoms with Crippen LogP contribution in [0.3, 0.4) is 0 Å². The van der Waals surface area contributed by atoms with Gasteiger partial charge in [-0.2, -0.15) is 0 Å². The van der Waals surface area contributed by atoms with Gasteiger partial charge in [0.2, 0.25) is 0 Å². The van der Waals surface area contributed by atoms with Gasteiger partial charge in [0.05, 0.1) is 13.2 Å². The van der Waals surface area contributed by atoms with Gasteiger partial charge in [0.15, 0.2) is 0 Å². The Morgan fingerprint density at radius 3 is 2.76 bits per heavy atom. The van der Waals surface area contributed by atoms with Crippen LogP contribution in [-0.4, -0.2) is 30.6 Å². The Morgan fingerprint density at radius 2 is 2.18 bits per heavy atom. The van der Waals surface area contributed by atoms with Crippen LogP contribution in [0.15, 0.2) is 24.3 Å². The van der Waals surface area contributed by atoms with Crippen LogP contribution in [0, 0.1) is 0 Å². The van der Waals surface area contributed by atoms with Gasteiger partial charge < -0.3 is 15.4 Å². The third-order valence-electron chi connectivity index (χ3n) is 3.14. The van der Waals surface area contributed by atoms with E-state index in [1.807, 2.05) is 0 Å². The third-order valence-corrected chi connectivity index (χ3v) is 3.14. The first kappa shape index (κ1) is 11.9. The van der Waals surface area contributed by atoms with Gasteiger partial charge in [0, 0.05) is 6.54 Å². The molecule has 1 aromatic rings. The predicted octanol–water partition coefficient (Wildman–Crippen LogP) is 1.70. The van der Waals surface area contributed by atoms with E-state index in [4.69, 9.17) is 10.5 Å². The number of ether oxygens (including phenoxy) is 1. The molecule has 2 rings (SSSR count). The first-order valence-electron chi connectivity index (χ1n) is 5.95. The van der Waals surface area contributed by atoms with Crippen LogP contribution >= 0.6 is 0 Å².